The Balaban J connectivity index is 3.67. The van der Waals surface area contributed by atoms with E-state index in [1.165, 1.54) is 0 Å². The van der Waals surface area contributed by atoms with Crippen molar-refractivity contribution in [2.24, 2.45) is 5.73 Å². The van der Waals surface area contributed by atoms with Crippen LogP contribution in [0.5, 0.6) is 0 Å². The minimum atomic E-state index is -0.597. The zero-order chi connectivity index (χ0) is 6.57. The molecule has 0 saturated heterocycles. The van der Waals surface area contributed by atoms with Crippen LogP contribution in [-0.4, -0.2) is 11.0 Å². The summed E-state index contributed by atoms with van der Waals surface area (Å²) in [6.07, 6.45) is 2.16. The molecule has 3 nitrogen and oxygen atoms in total. The van der Waals surface area contributed by atoms with Gasteiger partial charge in [0.15, 0.2) is 0 Å². The van der Waals surface area contributed by atoms with Gasteiger partial charge in [-0.25, -0.2) is 0 Å². The Morgan fingerprint density at radius 2 is 2.12 bits per heavy atom. The van der Waals surface area contributed by atoms with Crippen molar-refractivity contribution in [3.05, 3.63) is 24.5 Å². The van der Waals surface area contributed by atoms with Gasteiger partial charge in [-0.1, -0.05) is 6.58 Å². The first-order valence-corrected chi connectivity index (χ1v) is 1.98. The summed E-state index contributed by atoms with van der Waals surface area (Å²) >= 11 is 0. The first-order valence-electron chi connectivity index (χ1n) is 1.98. The average Bonchev–Trinajstić information content (AvgIpc) is 1.61. The molecule has 8 heavy (non-hydrogen) atoms. The first-order chi connectivity index (χ1) is 3.63. The summed E-state index contributed by atoms with van der Waals surface area (Å²) in [6.45, 7) is 3.09. The Morgan fingerprint density at radius 3 is 2.25 bits per heavy atom. The van der Waals surface area contributed by atoms with Crippen LogP contribution in [0.15, 0.2) is 24.5 Å². The van der Waals surface area contributed by atoms with Gasteiger partial charge in [-0.05, 0) is 6.08 Å². The maximum atomic E-state index is 9.89. The molecule has 0 aliphatic carbocycles. The Labute approximate surface area is 47.1 Å². The van der Waals surface area contributed by atoms with E-state index >= 15 is 0 Å². The van der Waals surface area contributed by atoms with Crippen molar-refractivity contribution in [3.63, 3.8) is 0 Å². The summed E-state index contributed by atoms with van der Waals surface area (Å²) < 4.78 is 0. The Morgan fingerprint density at radius 1 is 1.62 bits per heavy atom. The van der Waals surface area contributed by atoms with Crippen molar-refractivity contribution in [2.75, 3.05) is 0 Å². The van der Waals surface area contributed by atoms with Gasteiger partial charge in [0.25, 0.3) is 0 Å². The predicted octanol–water partition coefficient (Wildman–Crippen LogP) is 0.0996. The number of nitrogens with two attached hydrogens (primary N) is 1. The fourth-order valence-electron chi connectivity index (χ4n) is 0.178. The fourth-order valence-corrected chi connectivity index (χ4v) is 0.178. The van der Waals surface area contributed by atoms with Crippen LogP contribution in [0.3, 0.4) is 0 Å². The van der Waals surface area contributed by atoms with Gasteiger partial charge in [-0.3, -0.25) is 4.79 Å². The van der Waals surface area contributed by atoms with Crippen molar-refractivity contribution in [1.82, 2.24) is 0 Å². The van der Waals surface area contributed by atoms with E-state index in [2.05, 4.69) is 12.3 Å². The maximum absolute atomic E-state index is 9.89. The molecule has 1 amide bonds. The van der Waals surface area contributed by atoms with Crippen LogP contribution in [0.25, 0.3) is 0 Å². The minimum Gasteiger partial charge on any atom is -0.509 e. The van der Waals surface area contributed by atoms with E-state index in [-0.39, 0.29) is 5.76 Å². The van der Waals surface area contributed by atoms with Crippen molar-refractivity contribution >= 4 is 5.91 Å². The van der Waals surface area contributed by atoms with Gasteiger partial charge in [0.2, 0.25) is 5.91 Å². The second kappa shape index (κ2) is 2.85. The topological polar surface area (TPSA) is 63.3 Å². The summed E-state index contributed by atoms with van der Waals surface area (Å²) in [4.78, 5) is 9.89. The normalized spacial score (nSPS) is 9.50. The van der Waals surface area contributed by atoms with Crippen molar-refractivity contribution in [2.45, 2.75) is 0 Å². The fraction of sp³-hybridized carbons (Fsp3) is 0. The second-order valence-electron chi connectivity index (χ2n) is 1.23. The smallest absolute Gasteiger partial charge is 0.241 e. The lowest BCUT2D eigenvalue weighted by Gasteiger charge is -1.80. The third kappa shape index (κ3) is 4.75. The van der Waals surface area contributed by atoms with E-state index in [1.54, 1.807) is 0 Å². The number of rotatable bonds is 2. The molecule has 0 bridgehead atoms. The third-order valence-electron chi connectivity index (χ3n) is 0.440. The summed E-state index contributed by atoms with van der Waals surface area (Å²) in [5.41, 5.74) is 4.66. The van der Waals surface area contributed by atoms with Gasteiger partial charge in [0.1, 0.15) is 5.76 Å². The van der Waals surface area contributed by atoms with Crippen LogP contribution >= 0.6 is 0 Å². The molecule has 0 aromatic carbocycles. The first kappa shape index (κ1) is 6.75. The molecule has 0 saturated carbocycles. The molecule has 44 valence electrons. The largest absolute Gasteiger partial charge is 0.509 e. The number of hydrogen-bond acceptors (Lipinski definition) is 2. The van der Waals surface area contributed by atoms with Gasteiger partial charge in [-0.2, -0.15) is 0 Å². The highest BCUT2D eigenvalue weighted by atomic mass is 16.3. The molecular weight excluding hydrogens is 106 g/mol. The van der Waals surface area contributed by atoms with Gasteiger partial charge in [0, 0.05) is 6.08 Å². The number of amides is 1. The Hall–Kier alpha value is -1.25. The number of hydrogen-bond donors (Lipinski definition) is 2. The molecule has 0 heterocycles. The molecule has 0 aliphatic heterocycles. The van der Waals surface area contributed by atoms with Crippen LogP contribution < -0.4 is 5.73 Å². The molecule has 3 N–H and O–H groups in total. The van der Waals surface area contributed by atoms with Crippen molar-refractivity contribution in [3.8, 4) is 0 Å². The molecule has 0 aromatic rings. The Kier molecular flexibility index (Phi) is 2.40. The lowest BCUT2D eigenvalue weighted by molar-refractivity contribution is -0.113. The van der Waals surface area contributed by atoms with Crippen LogP contribution in [0.4, 0.5) is 0 Å². The molecule has 0 atom stereocenters. The lowest BCUT2D eigenvalue weighted by atomic mass is 10.4. The number of carbonyl (C=O) groups excluding carboxylic acids is 1. The molecular formula is C5H7NO2. The number of aliphatic hydroxyl groups excluding tert-OH is 1. The quantitative estimate of drug-likeness (QED) is 0.303. The number of carbonyl (C=O) groups is 1. The Bertz CT molecular complexity index is 121. The maximum Gasteiger partial charge on any atom is 0.241 e. The molecule has 0 aliphatic rings. The van der Waals surface area contributed by atoms with E-state index in [1.807, 2.05) is 0 Å². The summed E-state index contributed by atoms with van der Waals surface area (Å²) in [6, 6.07) is 0. The monoisotopic (exact) mass is 113 g/mol. The number of allylic oxidation sites excluding steroid dienone is 1. The molecule has 0 radical (unpaired) electrons. The van der Waals surface area contributed by atoms with Gasteiger partial charge < -0.3 is 10.8 Å². The van der Waals surface area contributed by atoms with E-state index in [9.17, 15) is 4.79 Å². The summed E-state index contributed by atoms with van der Waals surface area (Å²) in [5.74, 6) is -0.774. The van der Waals surface area contributed by atoms with Gasteiger partial charge in [0.05, 0.1) is 0 Å². The van der Waals surface area contributed by atoms with Crippen molar-refractivity contribution in [1.29, 1.82) is 0 Å². The SMILES string of the molecule is C=C(O)/C=C\C(N)=O. The van der Waals surface area contributed by atoms with Crippen LogP contribution in [0.2, 0.25) is 0 Å². The van der Waals surface area contributed by atoms with Crippen LogP contribution in [0, 0.1) is 0 Å². The highest BCUT2D eigenvalue weighted by Crippen LogP contribution is 1.81. The zero-order valence-corrected chi connectivity index (χ0v) is 4.29. The van der Waals surface area contributed by atoms with Crippen LogP contribution in [0.1, 0.15) is 0 Å². The minimum absolute atomic E-state index is 0.177. The molecule has 0 unspecified atom stereocenters. The van der Waals surface area contributed by atoms with E-state index in [0.29, 0.717) is 0 Å². The van der Waals surface area contributed by atoms with Gasteiger partial charge >= 0.3 is 0 Å². The third-order valence-corrected chi connectivity index (χ3v) is 0.440. The van der Waals surface area contributed by atoms with Gasteiger partial charge in [-0.15, -0.1) is 0 Å². The standard InChI is InChI=1S/C5H7NO2/c1-4(7)2-3-5(6)8/h2-3,7H,1H2,(H2,6,8)/b3-2-. The molecule has 0 rings (SSSR count). The lowest BCUT2D eigenvalue weighted by Crippen LogP contribution is -2.05. The van der Waals surface area contributed by atoms with E-state index in [0.717, 1.165) is 12.2 Å². The zero-order valence-electron chi connectivity index (χ0n) is 4.29. The number of primary amides is 1. The molecule has 0 aromatic heterocycles. The van der Waals surface area contributed by atoms with E-state index < -0.39 is 5.91 Å². The average molecular weight is 113 g/mol. The summed E-state index contributed by atoms with van der Waals surface area (Å²) in [7, 11) is 0. The summed E-state index contributed by atoms with van der Waals surface area (Å²) in [5, 5.41) is 8.31. The van der Waals surface area contributed by atoms with E-state index in [4.69, 9.17) is 5.11 Å². The highest BCUT2D eigenvalue weighted by molar-refractivity contribution is 5.86. The second-order valence-corrected chi connectivity index (χ2v) is 1.23. The predicted molar refractivity (Wildman–Crippen MR) is 30.1 cm³/mol. The molecule has 0 spiro atoms. The molecule has 0 fully saturated rings. The van der Waals surface area contributed by atoms with Crippen LogP contribution in [-0.2, 0) is 4.79 Å². The number of aliphatic hydroxyl groups is 1. The van der Waals surface area contributed by atoms with Crippen molar-refractivity contribution < 1.29 is 9.90 Å². The molecule has 3 heteroatoms. The highest BCUT2D eigenvalue weighted by Gasteiger charge is 1.80.